The molecule has 0 aliphatic carbocycles. The Hall–Kier alpha value is -1.57. The lowest BCUT2D eigenvalue weighted by molar-refractivity contribution is -0.150. The molecule has 1 atom stereocenters. The van der Waals surface area contributed by atoms with Crippen molar-refractivity contribution in [2.75, 3.05) is 0 Å². The van der Waals surface area contributed by atoms with Crippen LogP contribution in [0.15, 0.2) is 42.5 Å². The molecule has 1 aromatic rings. The molecule has 18 heavy (non-hydrogen) atoms. The van der Waals surface area contributed by atoms with Gasteiger partial charge in [0.15, 0.2) is 0 Å². The van der Waals surface area contributed by atoms with E-state index in [9.17, 15) is 4.79 Å². The van der Waals surface area contributed by atoms with Gasteiger partial charge in [0.2, 0.25) is 0 Å². The third-order valence-corrected chi connectivity index (χ3v) is 2.69. The third kappa shape index (κ3) is 4.02. The lowest BCUT2D eigenvalue weighted by Gasteiger charge is -2.23. The first-order valence-corrected chi connectivity index (χ1v) is 6.32. The molecule has 0 amide bonds. The molecule has 0 saturated heterocycles. The summed E-state index contributed by atoms with van der Waals surface area (Å²) in [5.74, 6) is -0.278. The van der Waals surface area contributed by atoms with Gasteiger partial charge in [-0.05, 0) is 32.8 Å². The van der Waals surface area contributed by atoms with Crippen molar-refractivity contribution in [1.82, 2.24) is 0 Å². The highest BCUT2D eigenvalue weighted by Crippen LogP contribution is 2.28. The van der Waals surface area contributed by atoms with Crippen LogP contribution in [0.1, 0.15) is 45.6 Å². The second-order valence-corrected chi connectivity index (χ2v) is 5.40. The minimum absolute atomic E-state index is 0.0287. The van der Waals surface area contributed by atoms with Crippen molar-refractivity contribution in [3.8, 4) is 0 Å². The van der Waals surface area contributed by atoms with Gasteiger partial charge in [-0.15, -0.1) is 0 Å². The summed E-state index contributed by atoms with van der Waals surface area (Å²) in [7, 11) is 0. The molecule has 0 aliphatic heterocycles. The van der Waals surface area contributed by atoms with E-state index in [2.05, 4.69) is 6.58 Å². The van der Waals surface area contributed by atoms with Gasteiger partial charge in [-0.3, -0.25) is 0 Å². The molecule has 0 aliphatic rings. The Kier molecular flexibility index (Phi) is 4.71. The molecule has 1 rings (SSSR count). The lowest BCUT2D eigenvalue weighted by Crippen LogP contribution is -2.26. The molecule has 1 unspecified atom stereocenters. The van der Waals surface area contributed by atoms with Crippen LogP contribution in [-0.2, 0) is 9.53 Å². The SMILES string of the molecule is C=C(C(=O)OC(C)(C)C)C(CC)c1ccccc1. The van der Waals surface area contributed by atoms with Crippen molar-refractivity contribution >= 4 is 5.97 Å². The Morgan fingerprint density at radius 1 is 1.28 bits per heavy atom. The highest BCUT2D eigenvalue weighted by atomic mass is 16.6. The van der Waals surface area contributed by atoms with Crippen LogP contribution in [0.2, 0.25) is 0 Å². The molecule has 0 aromatic heterocycles. The lowest BCUT2D eigenvalue weighted by atomic mass is 9.90. The molecule has 0 fully saturated rings. The summed E-state index contributed by atoms with van der Waals surface area (Å²) in [5, 5.41) is 0. The standard InChI is InChI=1S/C16H22O2/c1-6-14(13-10-8-7-9-11-13)12(2)15(17)18-16(3,4)5/h7-11,14H,2,6H2,1,3-5H3. The largest absolute Gasteiger partial charge is 0.457 e. The summed E-state index contributed by atoms with van der Waals surface area (Å²) >= 11 is 0. The number of ether oxygens (including phenoxy) is 1. The predicted octanol–water partition coefficient (Wildman–Crippen LogP) is 4.08. The van der Waals surface area contributed by atoms with E-state index in [-0.39, 0.29) is 11.9 Å². The van der Waals surface area contributed by atoms with Crippen molar-refractivity contribution in [1.29, 1.82) is 0 Å². The maximum Gasteiger partial charge on any atom is 0.334 e. The van der Waals surface area contributed by atoms with E-state index in [0.717, 1.165) is 12.0 Å². The first-order valence-electron chi connectivity index (χ1n) is 6.32. The van der Waals surface area contributed by atoms with Crippen LogP contribution < -0.4 is 0 Å². The fraction of sp³-hybridized carbons (Fsp3) is 0.438. The first kappa shape index (κ1) is 14.5. The minimum atomic E-state index is -0.477. The molecule has 2 nitrogen and oxygen atoms in total. The average molecular weight is 246 g/mol. The van der Waals surface area contributed by atoms with E-state index in [1.165, 1.54) is 0 Å². The van der Waals surface area contributed by atoms with Crippen LogP contribution in [0.25, 0.3) is 0 Å². The van der Waals surface area contributed by atoms with E-state index in [1.807, 2.05) is 58.0 Å². The third-order valence-electron chi connectivity index (χ3n) is 2.69. The van der Waals surface area contributed by atoms with Gasteiger partial charge >= 0.3 is 5.97 Å². The molecular formula is C16H22O2. The Morgan fingerprint density at radius 2 is 1.83 bits per heavy atom. The van der Waals surface area contributed by atoms with Crippen molar-refractivity contribution in [2.24, 2.45) is 0 Å². The normalized spacial score (nSPS) is 12.9. The molecule has 0 bridgehead atoms. The van der Waals surface area contributed by atoms with Gasteiger partial charge in [0.25, 0.3) is 0 Å². The van der Waals surface area contributed by atoms with Crippen molar-refractivity contribution in [3.63, 3.8) is 0 Å². The van der Waals surface area contributed by atoms with Crippen molar-refractivity contribution < 1.29 is 9.53 Å². The predicted molar refractivity (Wildman–Crippen MR) is 74.5 cm³/mol. The highest BCUT2D eigenvalue weighted by molar-refractivity contribution is 5.89. The second-order valence-electron chi connectivity index (χ2n) is 5.40. The number of benzene rings is 1. The molecule has 98 valence electrons. The van der Waals surface area contributed by atoms with Crippen LogP contribution in [0.3, 0.4) is 0 Å². The molecule has 0 saturated carbocycles. The number of rotatable bonds is 4. The highest BCUT2D eigenvalue weighted by Gasteiger charge is 2.24. The maximum absolute atomic E-state index is 12.0. The zero-order valence-electron chi connectivity index (χ0n) is 11.7. The zero-order chi connectivity index (χ0) is 13.8. The summed E-state index contributed by atoms with van der Waals surface area (Å²) in [6.07, 6.45) is 0.835. The minimum Gasteiger partial charge on any atom is -0.457 e. The fourth-order valence-electron chi connectivity index (χ4n) is 1.85. The van der Waals surface area contributed by atoms with E-state index in [4.69, 9.17) is 4.74 Å². The van der Waals surface area contributed by atoms with Crippen LogP contribution in [-0.4, -0.2) is 11.6 Å². The van der Waals surface area contributed by atoms with Crippen LogP contribution in [0.4, 0.5) is 0 Å². The van der Waals surface area contributed by atoms with Crippen LogP contribution in [0, 0.1) is 0 Å². The summed E-state index contributed by atoms with van der Waals surface area (Å²) in [4.78, 5) is 12.0. The van der Waals surface area contributed by atoms with Gasteiger partial charge in [-0.2, -0.15) is 0 Å². The molecule has 2 heteroatoms. The van der Waals surface area contributed by atoms with Crippen molar-refractivity contribution in [2.45, 2.75) is 45.6 Å². The molecule has 0 heterocycles. The second kappa shape index (κ2) is 5.85. The Balaban J connectivity index is 2.84. The van der Waals surface area contributed by atoms with Gasteiger partial charge in [-0.1, -0.05) is 43.8 Å². The number of hydrogen-bond acceptors (Lipinski definition) is 2. The van der Waals surface area contributed by atoms with Crippen molar-refractivity contribution in [3.05, 3.63) is 48.0 Å². The van der Waals surface area contributed by atoms with Gasteiger partial charge in [0.1, 0.15) is 5.60 Å². The zero-order valence-corrected chi connectivity index (χ0v) is 11.7. The van der Waals surface area contributed by atoms with Gasteiger partial charge in [-0.25, -0.2) is 4.79 Å². The molecular weight excluding hydrogens is 224 g/mol. The molecule has 0 N–H and O–H groups in total. The fourth-order valence-corrected chi connectivity index (χ4v) is 1.85. The van der Waals surface area contributed by atoms with E-state index in [1.54, 1.807) is 0 Å². The molecule has 0 radical (unpaired) electrons. The Bertz CT molecular complexity index is 412. The number of carbonyl (C=O) groups is 1. The Labute approximate surface area is 110 Å². The van der Waals surface area contributed by atoms with Crippen LogP contribution in [0.5, 0.6) is 0 Å². The topological polar surface area (TPSA) is 26.3 Å². The number of carbonyl (C=O) groups excluding carboxylic acids is 1. The molecule has 0 spiro atoms. The first-order chi connectivity index (χ1) is 8.35. The smallest absolute Gasteiger partial charge is 0.334 e. The number of esters is 1. The monoisotopic (exact) mass is 246 g/mol. The van der Waals surface area contributed by atoms with Crippen LogP contribution >= 0.6 is 0 Å². The summed E-state index contributed by atoms with van der Waals surface area (Å²) in [5.41, 5.74) is 1.16. The Morgan fingerprint density at radius 3 is 2.28 bits per heavy atom. The summed E-state index contributed by atoms with van der Waals surface area (Å²) < 4.78 is 5.37. The maximum atomic E-state index is 12.0. The quantitative estimate of drug-likeness (QED) is 0.591. The van der Waals surface area contributed by atoms with E-state index in [0.29, 0.717) is 5.57 Å². The van der Waals surface area contributed by atoms with E-state index >= 15 is 0 Å². The van der Waals surface area contributed by atoms with Gasteiger partial charge < -0.3 is 4.74 Å². The van der Waals surface area contributed by atoms with Gasteiger partial charge in [0, 0.05) is 11.5 Å². The molecule has 1 aromatic carbocycles. The number of hydrogen-bond donors (Lipinski definition) is 0. The summed E-state index contributed by atoms with van der Waals surface area (Å²) in [6, 6.07) is 9.95. The van der Waals surface area contributed by atoms with Gasteiger partial charge in [0.05, 0.1) is 0 Å². The average Bonchev–Trinajstić information content (AvgIpc) is 2.29. The summed E-state index contributed by atoms with van der Waals surface area (Å²) in [6.45, 7) is 11.5. The van der Waals surface area contributed by atoms with E-state index < -0.39 is 5.60 Å².